The number of nitrogens with zero attached hydrogens (tertiary/aromatic N) is 2. The van der Waals surface area contributed by atoms with Crippen molar-refractivity contribution in [3.05, 3.63) is 46.5 Å². The number of hydrogen-bond donors (Lipinski definition) is 2. The third-order valence-electron chi connectivity index (χ3n) is 4.95. The highest BCUT2D eigenvalue weighted by molar-refractivity contribution is 6.05. The first-order chi connectivity index (χ1) is 12.2. The van der Waals surface area contributed by atoms with Crippen molar-refractivity contribution in [2.24, 2.45) is 7.05 Å². The Balaban J connectivity index is 2.02. The number of benzene rings is 1. The number of alkyl halides is 2. The first-order valence-electron chi connectivity index (χ1n) is 8.24. The molecule has 2 atom stereocenters. The number of fused-ring (bicyclic) bond motifs is 1. The second-order valence-electron chi connectivity index (χ2n) is 7.06. The molecule has 0 spiro atoms. The Morgan fingerprint density at radius 1 is 1.50 bits per heavy atom. The van der Waals surface area contributed by atoms with E-state index in [1.807, 2.05) is 6.92 Å². The third kappa shape index (κ3) is 2.88. The lowest BCUT2D eigenvalue weighted by molar-refractivity contribution is 0.101. The lowest BCUT2D eigenvalue weighted by atomic mass is 9.84. The number of carbonyl (C=O) groups excluding carboxylic acids is 1. The summed E-state index contributed by atoms with van der Waals surface area (Å²) in [5.74, 6) is -1.28. The van der Waals surface area contributed by atoms with Gasteiger partial charge in [0.25, 0.3) is 12.3 Å². The summed E-state index contributed by atoms with van der Waals surface area (Å²) in [5.41, 5.74) is -0.251. The van der Waals surface area contributed by atoms with Crippen LogP contribution in [0.3, 0.4) is 0 Å². The van der Waals surface area contributed by atoms with Crippen LogP contribution in [0.15, 0.2) is 18.3 Å². The maximum absolute atomic E-state index is 14.4. The first kappa shape index (κ1) is 18.4. The van der Waals surface area contributed by atoms with Gasteiger partial charge in [0.2, 0.25) is 0 Å². The van der Waals surface area contributed by atoms with Gasteiger partial charge in [0.1, 0.15) is 11.5 Å². The van der Waals surface area contributed by atoms with Crippen molar-refractivity contribution in [2.45, 2.75) is 38.0 Å². The highest BCUT2D eigenvalue weighted by Gasteiger charge is 2.42. The summed E-state index contributed by atoms with van der Waals surface area (Å²) in [6, 6.07) is 2.64. The molecule has 0 aliphatic heterocycles. The van der Waals surface area contributed by atoms with Crippen LogP contribution < -0.4 is 5.32 Å². The number of halogens is 3. The average Bonchev–Trinajstić information content (AvgIpc) is 3.09. The Morgan fingerprint density at radius 2 is 2.19 bits per heavy atom. The Labute approximate surface area is 148 Å². The van der Waals surface area contributed by atoms with E-state index in [9.17, 15) is 23.1 Å². The Kier molecular flexibility index (Phi) is 4.56. The van der Waals surface area contributed by atoms with Gasteiger partial charge < -0.3 is 10.4 Å². The van der Waals surface area contributed by atoms with E-state index >= 15 is 0 Å². The normalized spacial score (nSPS) is 21.9. The second kappa shape index (κ2) is 6.42. The Morgan fingerprint density at radius 3 is 2.81 bits per heavy atom. The van der Waals surface area contributed by atoms with E-state index < -0.39 is 29.3 Å². The molecule has 0 saturated carbocycles. The summed E-state index contributed by atoms with van der Waals surface area (Å²) in [6.07, 6.45) is -1.13. The molecule has 1 amide bonds. The lowest BCUT2D eigenvalue weighted by Crippen LogP contribution is -2.25. The fourth-order valence-electron chi connectivity index (χ4n) is 3.88. The van der Waals surface area contributed by atoms with Gasteiger partial charge in [-0.2, -0.15) is 5.10 Å². The molecule has 2 N–H and O–H groups in total. The van der Waals surface area contributed by atoms with Crippen molar-refractivity contribution in [1.29, 1.82) is 0 Å². The van der Waals surface area contributed by atoms with E-state index in [-0.39, 0.29) is 18.1 Å². The van der Waals surface area contributed by atoms with Gasteiger partial charge in [-0.05, 0) is 30.0 Å². The van der Waals surface area contributed by atoms with Gasteiger partial charge in [-0.3, -0.25) is 9.48 Å². The van der Waals surface area contributed by atoms with E-state index in [0.717, 1.165) is 4.68 Å². The summed E-state index contributed by atoms with van der Waals surface area (Å²) in [4.78, 5) is 12.5. The minimum Gasteiger partial charge on any atom is -0.395 e. The van der Waals surface area contributed by atoms with Gasteiger partial charge >= 0.3 is 0 Å². The zero-order valence-corrected chi connectivity index (χ0v) is 14.7. The average molecular weight is 367 g/mol. The highest BCUT2D eigenvalue weighted by Crippen LogP contribution is 2.49. The number of anilines is 1. The Bertz CT molecular complexity index is 866. The van der Waals surface area contributed by atoms with Gasteiger partial charge in [0.15, 0.2) is 0 Å². The number of rotatable bonds is 4. The monoisotopic (exact) mass is 367 g/mol. The van der Waals surface area contributed by atoms with Crippen LogP contribution in [0, 0.1) is 5.82 Å². The minimum absolute atomic E-state index is 0.100. The fourth-order valence-corrected chi connectivity index (χ4v) is 3.88. The number of aliphatic hydroxyl groups excluding tert-OH is 1. The quantitative estimate of drug-likeness (QED) is 0.869. The van der Waals surface area contributed by atoms with Crippen LogP contribution in [0.5, 0.6) is 0 Å². The number of aliphatic hydroxyl groups is 1. The smallest absolute Gasteiger partial charge is 0.282 e. The van der Waals surface area contributed by atoms with E-state index in [2.05, 4.69) is 10.4 Å². The molecule has 1 heterocycles. The predicted molar refractivity (Wildman–Crippen MR) is 90.0 cm³/mol. The molecular formula is C18H20F3N3O2. The molecule has 8 heteroatoms. The molecule has 0 radical (unpaired) electrons. The number of aromatic nitrogens is 2. The van der Waals surface area contributed by atoms with E-state index in [4.69, 9.17) is 0 Å². The molecule has 0 bridgehead atoms. The van der Waals surface area contributed by atoms with Gasteiger partial charge in [0.05, 0.1) is 12.2 Å². The molecule has 3 rings (SSSR count). The van der Waals surface area contributed by atoms with Crippen LogP contribution in [0.1, 0.15) is 59.8 Å². The number of carbonyl (C=O) groups is 1. The maximum atomic E-state index is 14.4. The molecule has 0 saturated heterocycles. The maximum Gasteiger partial charge on any atom is 0.282 e. The standard InChI is InChI=1S/C18H20F3N3O2/c1-9-6-18(2,8-25)14-11(19)4-5-12(13(9)14)22-17(26)10-7-24(3)23-15(10)16(20)21/h4-5,7,9,16,25H,6,8H2,1-3H3,(H,22,26)/t9-,18-/m1/s1. The summed E-state index contributed by atoms with van der Waals surface area (Å²) < 4.78 is 41.8. The van der Waals surface area contributed by atoms with E-state index in [0.29, 0.717) is 23.2 Å². The number of aryl methyl sites for hydroxylation is 1. The molecule has 26 heavy (non-hydrogen) atoms. The van der Waals surface area contributed by atoms with Gasteiger partial charge in [0, 0.05) is 29.9 Å². The molecule has 1 aromatic heterocycles. The SMILES string of the molecule is C[C@@H]1C[C@](C)(CO)c2c(F)ccc(NC(=O)c3cn(C)nc3C(F)F)c21. The van der Waals surface area contributed by atoms with Gasteiger partial charge in [-0.25, -0.2) is 13.2 Å². The summed E-state index contributed by atoms with van der Waals surface area (Å²) in [7, 11) is 1.45. The van der Waals surface area contributed by atoms with Crippen molar-refractivity contribution in [3.63, 3.8) is 0 Å². The predicted octanol–water partition coefficient (Wildman–Crippen LogP) is 3.51. The molecule has 1 aromatic carbocycles. The van der Waals surface area contributed by atoms with Crippen molar-refractivity contribution < 1.29 is 23.1 Å². The molecular weight excluding hydrogens is 347 g/mol. The largest absolute Gasteiger partial charge is 0.395 e. The second-order valence-corrected chi connectivity index (χ2v) is 7.06. The van der Waals surface area contributed by atoms with Crippen molar-refractivity contribution in [2.75, 3.05) is 11.9 Å². The zero-order valence-electron chi connectivity index (χ0n) is 14.7. The third-order valence-corrected chi connectivity index (χ3v) is 4.95. The van der Waals surface area contributed by atoms with Crippen molar-refractivity contribution in [1.82, 2.24) is 9.78 Å². The van der Waals surface area contributed by atoms with Crippen molar-refractivity contribution >= 4 is 11.6 Å². The summed E-state index contributed by atoms with van der Waals surface area (Å²) in [5, 5.41) is 16.0. The zero-order chi connectivity index (χ0) is 19.2. The van der Waals surface area contributed by atoms with Crippen LogP contribution >= 0.6 is 0 Å². The van der Waals surface area contributed by atoms with Crippen LogP contribution in [0.4, 0.5) is 18.9 Å². The van der Waals surface area contributed by atoms with Crippen LogP contribution in [-0.4, -0.2) is 27.4 Å². The van der Waals surface area contributed by atoms with Crippen LogP contribution in [-0.2, 0) is 12.5 Å². The van der Waals surface area contributed by atoms with Gasteiger partial charge in [-0.1, -0.05) is 13.8 Å². The minimum atomic E-state index is -2.88. The van der Waals surface area contributed by atoms with Crippen molar-refractivity contribution in [3.8, 4) is 0 Å². The van der Waals surface area contributed by atoms with E-state index in [1.165, 1.54) is 25.4 Å². The molecule has 0 unspecified atom stereocenters. The number of amides is 1. The summed E-state index contributed by atoms with van der Waals surface area (Å²) in [6.45, 7) is 3.42. The summed E-state index contributed by atoms with van der Waals surface area (Å²) >= 11 is 0. The van der Waals surface area contributed by atoms with Crippen LogP contribution in [0.2, 0.25) is 0 Å². The molecule has 1 aliphatic rings. The van der Waals surface area contributed by atoms with Gasteiger partial charge in [-0.15, -0.1) is 0 Å². The molecule has 140 valence electrons. The first-order valence-corrected chi connectivity index (χ1v) is 8.24. The molecule has 0 fully saturated rings. The Hall–Kier alpha value is -2.35. The molecule has 5 nitrogen and oxygen atoms in total. The number of hydrogen-bond acceptors (Lipinski definition) is 3. The molecule has 2 aromatic rings. The topological polar surface area (TPSA) is 67.2 Å². The fraction of sp³-hybridized carbons (Fsp3) is 0.444. The number of nitrogens with one attached hydrogen (secondary N) is 1. The molecule has 1 aliphatic carbocycles. The van der Waals surface area contributed by atoms with E-state index in [1.54, 1.807) is 6.92 Å². The highest BCUT2D eigenvalue weighted by atomic mass is 19.3. The lowest BCUT2D eigenvalue weighted by Gasteiger charge is -2.23. The van der Waals surface area contributed by atoms with Crippen LogP contribution in [0.25, 0.3) is 0 Å².